The van der Waals surface area contributed by atoms with Crippen LogP contribution >= 0.6 is 11.6 Å². The van der Waals surface area contributed by atoms with Gasteiger partial charge in [0.1, 0.15) is 12.6 Å². The summed E-state index contributed by atoms with van der Waals surface area (Å²) in [5, 5.41) is 3.54. The zero-order valence-electron chi connectivity index (χ0n) is 26.1. The van der Waals surface area contributed by atoms with Crippen molar-refractivity contribution < 1.29 is 18.0 Å². The molecule has 236 valence electrons. The van der Waals surface area contributed by atoms with Gasteiger partial charge in [0, 0.05) is 24.0 Å². The SMILES string of the molecule is CC[C@@H](C)NC(=O)[C@H](Cc1ccccc1)N(Cc1cccc(Cl)c1)C(=O)CN(c1ccc(C)cc1)S(=O)(=O)c1ccc(C)cc1. The lowest BCUT2D eigenvalue weighted by molar-refractivity contribution is -0.140. The lowest BCUT2D eigenvalue weighted by Crippen LogP contribution is -2.54. The summed E-state index contributed by atoms with van der Waals surface area (Å²) in [6, 6.07) is 29.0. The van der Waals surface area contributed by atoms with Gasteiger partial charge in [0.05, 0.1) is 10.6 Å². The monoisotopic (exact) mass is 645 g/mol. The first-order valence-corrected chi connectivity index (χ1v) is 16.8. The highest BCUT2D eigenvalue weighted by Gasteiger charge is 2.35. The summed E-state index contributed by atoms with van der Waals surface area (Å²) in [5.41, 5.74) is 3.79. The number of hydrogen-bond acceptors (Lipinski definition) is 4. The van der Waals surface area contributed by atoms with Gasteiger partial charge in [-0.25, -0.2) is 8.42 Å². The third kappa shape index (κ3) is 8.96. The standard InChI is InChI=1S/C36H40ClN3O4S/c1-5-28(4)38-36(42)34(23-29-10-7-6-8-11-29)39(24-30-12-9-13-31(37)22-30)35(41)25-40(32-18-14-26(2)15-19-32)45(43,44)33-20-16-27(3)17-21-33/h6-22,28,34H,5,23-25H2,1-4H3,(H,38,42)/t28-,34+/m1/s1. The molecule has 0 aromatic heterocycles. The van der Waals surface area contributed by atoms with Gasteiger partial charge in [-0.1, -0.05) is 96.4 Å². The molecule has 0 saturated heterocycles. The second-order valence-corrected chi connectivity index (χ2v) is 13.6. The van der Waals surface area contributed by atoms with E-state index in [4.69, 9.17) is 11.6 Å². The van der Waals surface area contributed by atoms with Crippen molar-refractivity contribution in [2.24, 2.45) is 0 Å². The summed E-state index contributed by atoms with van der Waals surface area (Å²) in [6.45, 7) is 7.21. The Labute approximate surface area is 271 Å². The molecule has 0 radical (unpaired) electrons. The fourth-order valence-electron chi connectivity index (χ4n) is 4.90. The molecule has 4 aromatic carbocycles. The van der Waals surface area contributed by atoms with E-state index in [0.717, 1.165) is 21.0 Å². The van der Waals surface area contributed by atoms with Crippen molar-refractivity contribution in [1.82, 2.24) is 10.2 Å². The van der Waals surface area contributed by atoms with Crippen molar-refractivity contribution in [2.45, 2.75) is 64.1 Å². The summed E-state index contributed by atoms with van der Waals surface area (Å²) in [5.74, 6) is -0.835. The Morgan fingerprint density at radius 3 is 2.02 bits per heavy atom. The minimum atomic E-state index is -4.16. The lowest BCUT2D eigenvalue weighted by atomic mass is 10.0. The molecule has 4 rings (SSSR count). The number of sulfonamides is 1. The van der Waals surface area contributed by atoms with Crippen molar-refractivity contribution in [3.63, 3.8) is 0 Å². The third-order valence-corrected chi connectivity index (χ3v) is 9.75. The predicted octanol–water partition coefficient (Wildman–Crippen LogP) is 6.71. The molecule has 4 aromatic rings. The largest absolute Gasteiger partial charge is 0.352 e. The van der Waals surface area contributed by atoms with Crippen LogP contribution < -0.4 is 9.62 Å². The van der Waals surface area contributed by atoms with E-state index in [2.05, 4.69) is 5.32 Å². The third-order valence-electron chi connectivity index (χ3n) is 7.72. The Hall–Kier alpha value is -4.14. The van der Waals surface area contributed by atoms with Crippen LogP contribution in [-0.2, 0) is 32.6 Å². The Morgan fingerprint density at radius 2 is 1.42 bits per heavy atom. The molecule has 45 heavy (non-hydrogen) atoms. The van der Waals surface area contributed by atoms with Crippen LogP contribution in [0.5, 0.6) is 0 Å². The molecule has 0 bridgehead atoms. The Kier molecular flexibility index (Phi) is 11.4. The fourth-order valence-corrected chi connectivity index (χ4v) is 6.53. The fraction of sp³-hybridized carbons (Fsp3) is 0.278. The van der Waals surface area contributed by atoms with Gasteiger partial charge in [-0.2, -0.15) is 0 Å². The van der Waals surface area contributed by atoms with Crippen molar-refractivity contribution in [3.8, 4) is 0 Å². The quantitative estimate of drug-likeness (QED) is 0.175. The molecule has 2 amide bonds. The van der Waals surface area contributed by atoms with Crippen molar-refractivity contribution in [2.75, 3.05) is 10.8 Å². The minimum absolute atomic E-state index is 0.0527. The molecule has 0 saturated carbocycles. The number of carbonyl (C=O) groups excluding carboxylic acids is 2. The summed E-state index contributed by atoms with van der Waals surface area (Å²) >= 11 is 6.31. The number of anilines is 1. The number of carbonyl (C=O) groups is 2. The van der Waals surface area contributed by atoms with E-state index < -0.39 is 28.5 Å². The predicted molar refractivity (Wildman–Crippen MR) is 181 cm³/mol. The van der Waals surface area contributed by atoms with Crippen LogP contribution in [0.4, 0.5) is 5.69 Å². The van der Waals surface area contributed by atoms with E-state index in [1.807, 2.05) is 64.1 Å². The first-order valence-electron chi connectivity index (χ1n) is 15.0. The van der Waals surface area contributed by atoms with Gasteiger partial charge in [-0.3, -0.25) is 13.9 Å². The maximum Gasteiger partial charge on any atom is 0.264 e. The maximum atomic E-state index is 14.5. The number of halogens is 1. The van der Waals surface area contributed by atoms with E-state index in [1.165, 1.54) is 17.0 Å². The number of benzene rings is 4. The van der Waals surface area contributed by atoms with E-state index in [1.54, 1.807) is 54.6 Å². The molecular weight excluding hydrogens is 606 g/mol. The molecule has 0 aliphatic rings. The van der Waals surface area contributed by atoms with Crippen molar-refractivity contribution >= 4 is 39.1 Å². The van der Waals surface area contributed by atoms with Gasteiger partial charge < -0.3 is 10.2 Å². The molecule has 9 heteroatoms. The summed E-state index contributed by atoms with van der Waals surface area (Å²) in [7, 11) is -4.16. The van der Waals surface area contributed by atoms with Gasteiger partial charge in [0.15, 0.2) is 0 Å². The van der Waals surface area contributed by atoms with Crippen LogP contribution in [0.2, 0.25) is 5.02 Å². The number of nitrogens with one attached hydrogen (secondary N) is 1. The van der Waals surface area contributed by atoms with Gasteiger partial charge in [-0.15, -0.1) is 0 Å². The van der Waals surface area contributed by atoms with Crippen LogP contribution in [0.3, 0.4) is 0 Å². The molecule has 2 atom stereocenters. The summed E-state index contributed by atoms with van der Waals surface area (Å²) in [6.07, 6.45) is 0.951. The Balaban J connectivity index is 1.80. The second-order valence-electron chi connectivity index (χ2n) is 11.3. The zero-order valence-corrected chi connectivity index (χ0v) is 27.7. The second kappa shape index (κ2) is 15.2. The molecular formula is C36H40ClN3O4S. The minimum Gasteiger partial charge on any atom is -0.352 e. The van der Waals surface area contributed by atoms with E-state index in [-0.39, 0.29) is 29.8 Å². The zero-order chi connectivity index (χ0) is 32.6. The summed E-state index contributed by atoms with van der Waals surface area (Å²) in [4.78, 5) is 30.0. The number of aryl methyl sites for hydroxylation is 2. The summed E-state index contributed by atoms with van der Waals surface area (Å²) < 4.78 is 29.4. The number of rotatable bonds is 13. The van der Waals surface area contributed by atoms with Crippen molar-refractivity contribution in [3.05, 3.63) is 130 Å². The van der Waals surface area contributed by atoms with Crippen LogP contribution in [0.15, 0.2) is 108 Å². The van der Waals surface area contributed by atoms with Crippen LogP contribution in [0, 0.1) is 13.8 Å². The highest BCUT2D eigenvalue weighted by molar-refractivity contribution is 7.92. The first-order chi connectivity index (χ1) is 21.5. The van der Waals surface area contributed by atoms with E-state index in [0.29, 0.717) is 22.7 Å². The normalized spacial score (nSPS) is 12.6. The van der Waals surface area contributed by atoms with Gasteiger partial charge in [-0.05, 0) is 74.7 Å². The lowest BCUT2D eigenvalue weighted by Gasteiger charge is -2.34. The molecule has 7 nitrogen and oxygen atoms in total. The molecule has 1 N–H and O–H groups in total. The van der Waals surface area contributed by atoms with Gasteiger partial charge in [0.25, 0.3) is 10.0 Å². The first kappa shape index (κ1) is 33.7. The van der Waals surface area contributed by atoms with Crippen LogP contribution in [0.1, 0.15) is 42.5 Å². The van der Waals surface area contributed by atoms with E-state index >= 15 is 0 Å². The molecule has 0 fully saturated rings. The van der Waals surface area contributed by atoms with Gasteiger partial charge in [0.2, 0.25) is 11.8 Å². The molecule has 0 unspecified atom stereocenters. The maximum absolute atomic E-state index is 14.5. The average Bonchev–Trinajstić information content (AvgIpc) is 3.02. The molecule has 0 spiro atoms. The van der Waals surface area contributed by atoms with Crippen LogP contribution in [-0.4, -0.2) is 43.8 Å². The number of nitrogens with zero attached hydrogens (tertiary/aromatic N) is 2. The van der Waals surface area contributed by atoms with Gasteiger partial charge >= 0.3 is 0 Å². The smallest absolute Gasteiger partial charge is 0.264 e. The molecule has 0 aliphatic carbocycles. The number of hydrogen-bond donors (Lipinski definition) is 1. The van der Waals surface area contributed by atoms with Crippen molar-refractivity contribution in [1.29, 1.82) is 0 Å². The van der Waals surface area contributed by atoms with Crippen LogP contribution in [0.25, 0.3) is 0 Å². The highest BCUT2D eigenvalue weighted by atomic mass is 35.5. The molecule has 0 heterocycles. The molecule has 0 aliphatic heterocycles. The van der Waals surface area contributed by atoms with E-state index in [9.17, 15) is 18.0 Å². The topological polar surface area (TPSA) is 86.8 Å². The Morgan fingerprint density at radius 1 is 0.822 bits per heavy atom. The highest BCUT2D eigenvalue weighted by Crippen LogP contribution is 2.26. The average molecular weight is 646 g/mol. The number of amides is 2. The Bertz CT molecular complexity index is 1690.